The van der Waals surface area contributed by atoms with Gasteiger partial charge in [0.1, 0.15) is 11.3 Å². The third kappa shape index (κ3) is 2.81. The van der Waals surface area contributed by atoms with Crippen LogP contribution in [-0.2, 0) is 0 Å². The molecule has 0 fully saturated rings. The molecule has 0 unspecified atom stereocenters. The summed E-state index contributed by atoms with van der Waals surface area (Å²) >= 11 is 13.1. The van der Waals surface area contributed by atoms with Crippen molar-refractivity contribution in [2.45, 2.75) is 0 Å². The molecular weight excluding hydrogens is 331 g/mol. The Morgan fingerprint density at radius 3 is 2.52 bits per heavy atom. The fourth-order valence-corrected chi connectivity index (χ4v) is 2.90. The molecule has 0 saturated carbocycles. The largest absolute Gasteiger partial charge is 0.478 e. The van der Waals surface area contributed by atoms with E-state index in [-0.39, 0.29) is 5.56 Å². The zero-order chi connectivity index (χ0) is 15.0. The van der Waals surface area contributed by atoms with E-state index in [1.165, 1.54) is 22.2 Å². The van der Waals surface area contributed by atoms with Gasteiger partial charge in [0.15, 0.2) is 0 Å². The van der Waals surface area contributed by atoms with Gasteiger partial charge in [0.25, 0.3) is 0 Å². The monoisotopic (exact) mass is 338 g/mol. The second-order valence-corrected chi connectivity index (χ2v) is 6.24. The Morgan fingerprint density at radius 1 is 1.24 bits per heavy atom. The van der Waals surface area contributed by atoms with Crippen LogP contribution in [0.3, 0.4) is 0 Å². The first kappa shape index (κ1) is 14.1. The van der Waals surface area contributed by atoms with Gasteiger partial charge in [-0.25, -0.2) is 9.48 Å². The van der Waals surface area contributed by atoms with Gasteiger partial charge < -0.3 is 5.11 Å². The first-order valence-corrected chi connectivity index (χ1v) is 7.51. The Hall–Kier alpha value is -1.82. The lowest BCUT2D eigenvalue weighted by Crippen LogP contribution is -1.96. The molecule has 0 atom stereocenters. The molecule has 0 spiro atoms. The predicted molar refractivity (Wildman–Crippen MR) is 83.9 cm³/mol. The van der Waals surface area contributed by atoms with E-state index >= 15 is 0 Å². The number of hydrogen-bond donors (Lipinski definition) is 1. The van der Waals surface area contributed by atoms with Gasteiger partial charge in [-0.1, -0.05) is 23.2 Å². The van der Waals surface area contributed by atoms with E-state index in [2.05, 4.69) is 5.10 Å². The summed E-state index contributed by atoms with van der Waals surface area (Å²) in [7, 11) is 0. The van der Waals surface area contributed by atoms with Crippen LogP contribution in [0.2, 0.25) is 9.36 Å². The standard InChI is InChI=1S/C14H8Cl2N2O2S/c15-9-1-3-10(4-2-9)18-6-11(14(19)20)13(17-18)8-5-12(16)21-7-8/h1-7H,(H,19,20). The quantitative estimate of drug-likeness (QED) is 0.758. The first-order valence-electron chi connectivity index (χ1n) is 5.88. The Balaban J connectivity index is 2.12. The second kappa shape index (κ2) is 5.52. The molecule has 3 aromatic rings. The SMILES string of the molecule is O=C(O)c1cn(-c2ccc(Cl)cc2)nc1-c1csc(Cl)c1. The van der Waals surface area contributed by atoms with Gasteiger partial charge in [0.2, 0.25) is 0 Å². The van der Waals surface area contributed by atoms with Crippen LogP contribution in [0.5, 0.6) is 0 Å². The highest BCUT2D eigenvalue weighted by Gasteiger charge is 2.18. The third-order valence-corrected chi connectivity index (χ3v) is 4.22. The zero-order valence-electron chi connectivity index (χ0n) is 10.5. The van der Waals surface area contributed by atoms with Crippen molar-refractivity contribution < 1.29 is 9.90 Å². The second-order valence-electron chi connectivity index (χ2n) is 4.26. The number of thiophene rings is 1. The number of carbonyl (C=O) groups is 1. The number of aromatic carboxylic acids is 1. The van der Waals surface area contributed by atoms with Crippen LogP contribution in [-0.4, -0.2) is 20.9 Å². The number of nitrogens with zero attached hydrogens (tertiary/aromatic N) is 2. The molecule has 0 aliphatic heterocycles. The summed E-state index contributed by atoms with van der Waals surface area (Å²) in [5.41, 5.74) is 1.93. The van der Waals surface area contributed by atoms with Gasteiger partial charge in [-0.2, -0.15) is 5.10 Å². The Kier molecular flexibility index (Phi) is 3.71. The van der Waals surface area contributed by atoms with Crippen molar-refractivity contribution in [3.05, 3.63) is 56.8 Å². The van der Waals surface area contributed by atoms with E-state index in [0.717, 1.165) is 5.69 Å². The Labute approximate surface area is 134 Å². The zero-order valence-corrected chi connectivity index (χ0v) is 12.8. The molecule has 0 amide bonds. The fraction of sp³-hybridized carbons (Fsp3) is 0. The van der Waals surface area contributed by atoms with Crippen LogP contribution in [0.1, 0.15) is 10.4 Å². The van der Waals surface area contributed by atoms with Crippen LogP contribution in [0.15, 0.2) is 41.9 Å². The highest BCUT2D eigenvalue weighted by Crippen LogP contribution is 2.30. The number of rotatable bonds is 3. The van der Waals surface area contributed by atoms with Crippen molar-refractivity contribution in [2.75, 3.05) is 0 Å². The number of carboxylic acids is 1. The first-order chi connectivity index (χ1) is 10.0. The normalized spacial score (nSPS) is 10.8. The lowest BCUT2D eigenvalue weighted by Gasteiger charge is -2.00. The molecule has 1 N–H and O–H groups in total. The molecule has 3 rings (SSSR count). The van der Waals surface area contributed by atoms with Gasteiger partial charge in [0, 0.05) is 22.2 Å². The van der Waals surface area contributed by atoms with Crippen LogP contribution in [0.4, 0.5) is 0 Å². The molecule has 4 nitrogen and oxygen atoms in total. The van der Waals surface area contributed by atoms with Crippen LogP contribution >= 0.6 is 34.5 Å². The summed E-state index contributed by atoms with van der Waals surface area (Å²) in [6.45, 7) is 0. The summed E-state index contributed by atoms with van der Waals surface area (Å²) in [5, 5.41) is 16.1. The topological polar surface area (TPSA) is 55.1 Å². The molecular formula is C14H8Cl2N2O2S. The van der Waals surface area contributed by atoms with E-state index in [4.69, 9.17) is 23.2 Å². The van der Waals surface area contributed by atoms with Gasteiger partial charge in [-0.3, -0.25) is 0 Å². The van der Waals surface area contributed by atoms with Crippen molar-refractivity contribution in [3.63, 3.8) is 0 Å². The van der Waals surface area contributed by atoms with Gasteiger partial charge in [0.05, 0.1) is 10.0 Å². The van der Waals surface area contributed by atoms with E-state index in [1.54, 1.807) is 35.7 Å². The van der Waals surface area contributed by atoms with Gasteiger partial charge in [-0.05, 0) is 30.3 Å². The van der Waals surface area contributed by atoms with Crippen LogP contribution in [0, 0.1) is 0 Å². The maximum absolute atomic E-state index is 11.4. The summed E-state index contributed by atoms with van der Waals surface area (Å²) in [4.78, 5) is 11.4. The van der Waals surface area contributed by atoms with E-state index in [9.17, 15) is 9.90 Å². The molecule has 1 aromatic carbocycles. The van der Waals surface area contributed by atoms with E-state index in [1.807, 2.05) is 0 Å². The minimum Gasteiger partial charge on any atom is -0.478 e. The molecule has 0 saturated heterocycles. The number of hydrogen-bond acceptors (Lipinski definition) is 3. The van der Waals surface area contributed by atoms with Crippen molar-refractivity contribution in [1.82, 2.24) is 9.78 Å². The lowest BCUT2D eigenvalue weighted by atomic mass is 10.1. The molecule has 0 aliphatic rings. The molecule has 2 aromatic heterocycles. The maximum Gasteiger partial charge on any atom is 0.339 e. The van der Waals surface area contributed by atoms with Crippen LogP contribution < -0.4 is 0 Å². The van der Waals surface area contributed by atoms with E-state index < -0.39 is 5.97 Å². The molecule has 2 heterocycles. The number of carboxylic acid groups (broad SMARTS) is 1. The number of benzene rings is 1. The molecule has 106 valence electrons. The summed E-state index contributed by atoms with van der Waals surface area (Å²) < 4.78 is 2.10. The molecule has 21 heavy (non-hydrogen) atoms. The summed E-state index contributed by atoms with van der Waals surface area (Å²) in [5.74, 6) is -1.03. The average molecular weight is 339 g/mol. The van der Waals surface area contributed by atoms with Gasteiger partial charge >= 0.3 is 5.97 Å². The van der Waals surface area contributed by atoms with E-state index in [0.29, 0.717) is 20.6 Å². The fourth-order valence-electron chi connectivity index (χ4n) is 1.90. The van der Waals surface area contributed by atoms with Crippen molar-refractivity contribution in [1.29, 1.82) is 0 Å². The predicted octanol–water partition coefficient (Wildman–Crippen LogP) is 4.61. The number of aromatic nitrogens is 2. The minimum atomic E-state index is -1.03. The summed E-state index contributed by atoms with van der Waals surface area (Å²) in [6.07, 6.45) is 1.48. The molecule has 0 bridgehead atoms. The lowest BCUT2D eigenvalue weighted by molar-refractivity contribution is 0.0697. The number of halogens is 2. The van der Waals surface area contributed by atoms with Gasteiger partial charge in [-0.15, -0.1) is 11.3 Å². The Morgan fingerprint density at radius 2 is 1.95 bits per heavy atom. The summed E-state index contributed by atoms with van der Waals surface area (Å²) in [6, 6.07) is 8.68. The highest BCUT2D eigenvalue weighted by atomic mass is 35.5. The highest BCUT2D eigenvalue weighted by molar-refractivity contribution is 7.14. The van der Waals surface area contributed by atoms with Crippen molar-refractivity contribution >= 4 is 40.5 Å². The molecule has 0 radical (unpaired) electrons. The maximum atomic E-state index is 11.4. The van der Waals surface area contributed by atoms with Crippen LogP contribution in [0.25, 0.3) is 16.9 Å². The third-order valence-electron chi connectivity index (χ3n) is 2.88. The smallest absolute Gasteiger partial charge is 0.339 e. The van der Waals surface area contributed by atoms with Crippen molar-refractivity contribution in [2.24, 2.45) is 0 Å². The molecule has 0 aliphatic carbocycles. The van der Waals surface area contributed by atoms with Crippen molar-refractivity contribution in [3.8, 4) is 16.9 Å². The Bertz CT molecular complexity index is 809. The minimum absolute atomic E-state index is 0.124. The average Bonchev–Trinajstić information content (AvgIpc) is 3.05. The molecule has 7 heteroatoms.